The predicted molar refractivity (Wildman–Crippen MR) is 114 cm³/mol. The first-order valence-electron chi connectivity index (χ1n) is 10.9. The molecule has 0 spiro atoms. The van der Waals surface area contributed by atoms with Gasteiger partial charge in [-0.2, -0.15) is 4.31 Å². The Morgan fingerprint density at radius 3 is 2.10 bits per heavy atom. The van der Waals surface area contributed by atoms with Crippen LogP contribution in [0.15, 0.2) is 29.2 Å². The van der Waals surface area contributed by atoms with Crippen LogP contribution < -0.4 is 0 Å². The molecule has 2 fully saturated rings. The van der Waals surface area contributed by atoms with E-state index >= 15 is 0 Å². The maximum atomic E-state index is 12.8. The van der Waals surface area contributed by atoms with Crippen molar-refractivity contribution in [3.63, 3.8) is 0 Å². The van der Waals surface area contributed by atoms with Crippen molar-refractivity contribution in [2.24, 2.45) is 5.92 Å². The first kappa shape index (κ1) is 22.7. The molecule has 0 aromatic heterocycles. The van der Waals surface area contributed by atoms with Gasteiger partial charge in [0.1, 0.15) is 0 Å². The summed E-state index contributed by atoms with van der Waals surface area (Å²) in [7, 11) is -3.56. The number of sulfonamides is 1. The van der Waals surface area contributed by atoms with Gasteiger partial charge in [0.25, 0.3) is 5.91 Å². The molecule has 2 aliphatic rings. The van der Waals surface area contributed by atoms with Crippen molar-refractivity contribution in [1.82, 2.24) is 9.21 Å². The second-order valence-electron chi connectivity index (χ2n) is 8.40. The smallest absolute Gasteiger partial charge is 0.338 e. The third-order valence-corrected chi connectivity index (χ3v) is 7.93. The second-order valence-corrected chi connectivity index (χ2v) is 10.3. The Labute approximate surface area is 179 Å². The molecule has 30 heavy (non-hydrogen) atoms. The van der Waals surface area contributed by atoms with E-state index in [-0.39, 0.29) is 16.4 Å². The van der Waals surface area contributed by atoms with Gasteiger partial charge >= 0.3 is 5.97 Å². The lowest BCUT2D eigenvalue weighted by Crippen LogP contribution is -2.40. The van der Waals surface area contributed by atoms with Crippen LogP contribution in [-0.4, -0.2) is 61.8 Å². The van der Waals surface area contributed by atoms with Gasteiger partial charge in [0.05, 0.1) is 10.5 Å². The van der Waals surface area contributed by atoms with Gasteiger partial charge in [0, 0.05) is 26.2 Å². The number of carbonyl (C=O) groups is 2. The predicted octanol–water partition coefficient (Wildman–Crippen LogP) is 3.06. The number of esters is 1. The summed E-state index contributed by atoms with van der Waals surface area (Å²) in [6.07, 6.45) is 5.01. The van der Waals surface area contributed by atoms with Crippen LogP contribution in [0.2, 0.25) is 0 Å². The second kappa shape index (κ2) is 9.92. The monoisotopic (exact) mass is 436 g/mol. The number of hydrogen-bond acceptors (Lipinski definition) is 5. The van der Waals surface area contributed by atoms with Crippen molar-refractivity contribution in [2.75, 3.05) is 26.2 Å². The maximum absolute atomic E-state index is 12.8. The van der Waals surface area contributed by atoms with Gasteiger partial charge in [-0.25, -0.2) is 13.2 Å². The molecule has 8 heteroatoms. The van der Waals surface area contributed by atoms with E-state index in [0.717, 1.165) is 38.5 Å². The molecule has 2 heterocycles. The molecule has 1 atom stereocenters. The minimum atomic E-state index is -3.56. The average molecular weight is 437 g/mol. The zero-order chi connectivity index (χ0) is 21.7. The molecular weight excluding hydrogens is 404 g/mol. The molecule has 7 nitrogen and oxygen atoms in total. The summed E-state index contributed by atoms with van der Waals surface area (Å²) in [5.41, 5.74) is 0.233. The van der Waals surface area contributed by atoms with Gasteiger partial charge in [-0.15, -0.1) is 0 Å². The van der Waals surface area contributed by atoms with Crippen LogP contribution in [0.3, 0.4) is 0 Å². The number of nitrogens with zero attached hydrogens (tertiary/aromatic N) is 2. The van der Waals surface area contributed by atoms with Crippen LogP contribution >= 0.6 is 0 Å². The average Bonchev–Trinajstić information content (AvgIpc) is 3.03. The number of hydrogen-bond donors (Lipinski definition) is 0. The Bertz CT molecular complexity index is 837. The Morgan fingerprint density at radius 1 is 0.967 bits per heavy atom. The van der Waals surface area contributed by atoms with Gasteiger partial charge in [-0.1, -0.05) is 19.8 Å². The number of amides is 1. The lowest BCUT2D eigenvalue weighted by molar-refractivity contribution is -0.139. The van der Waals surface area contributed by atoms with E-state index in [1.54, 1.807) is 11.8 Å². The summed E-state index contributed by atoms with van der Waals surface area (Å²) in [6, 6.07) is 5.77. The number of carbonyl (C=O) groups excluding carboxylic acids is 2. The standard InChI is InChI=1S/C22H32N2O5S/c1-17-11-15-24(16-12-17)30(27,28)20-9-7-19(8-10-20)22(26)29-18(2)21(25)23-13-5-3-4-6-14-23/h7-10,17-18H,3-6,11-16H2,1-2H3. The highest BCUT2D eigenvalue weighted by molar-refractivity contribution is 7.89. The van der Waals surface area contributed by atoms with Crippen LogP contribution in [0, 0.1) is 5.92 Å². The summed E-state index contributed by atoms with van der Waals surface area (Å²) >= 11 is 0. The molecule has 0 saturated carbocycles. The highest BCUT2D eigenvalue weighted by Crippen LogP contribution is 2.24. The lowest BCUT2D eigenvalue weighted by Gasteiger charge is -2.29. The summed E-state index contributed by atoms with van der Waals surface area (Å²) in [4.78, 5) is 27.0. The number of likely N-dealkylation sites (tertiary alicyclic amines) is 1. The first-order valence-corrected chi connectivity index (χ1v) is 12.3. The molecule has 1 aromatic rings. The molecule has 1 amide bonds. The minimum absolute atomic E-state index is 0.169. The van der Waals surface area contributed by atoms with E-state index in [4.69, 9.17) is 4.74 Å². The molecule has 1 unspecified atom stereocenters. The van der Waals surface area contributed by atoms with Crippen molar-refractivity contribution in [3.05, 3.63) is 29.8 Å². The maximum Gasteiger partial charge on any atom is 0.338 e. The molecule has 2 aliphatic heterocycles. The first-order chi connectivity index (χ1) is 14.3. The SMILES string of the molecule is CC1CCN(S(=O)(=O)c2ccc(C(=O)OC(C)C(=O)N3CCCCCC3)cc2)CC1. The van der Waals surface area contributed by atoms with Gasteiger partial charge < -0.3 is 9.64 Å². The molecular formula is C22H32N2O5S. The fourth-order valence-corrected chi connectivity index (χ4v) is 5.43. The van der Waals surface area contributed by atoms with Crippen LogP contribution in [0.1, 0.15) is 62.7 Å². The largest absolute Gasteiger partial charge is 0.449 e. The van der Waals surface area contributed by atoms with E-state index in [1.165, 1.54) is 28.6 Å². The number of piperidine rings is 1. The number of ether oxygens (including phenoxy) is 1. The fourth-order valence-electron chi connectivity index (χ4n) is 3.96. The Hall–Kier alpha value is -1.93. The molecule has 0 aliphatic carbocycles. The summed E-state index contributed by atoms with van der Waals surface area (Å²) in [6.45, 7) is 6.14. The van der Waals surface area contributed by atoms with E-state index in [0.29, 0.717) is 32.1 Å². The van der Waals surface area contributed by atoms with Crippen molar-refractivity contribution in [1.29, 1.82) is 0 Å². The van der Waals surface area contributed by atoms with Crippen LogP contribution in [0.4, 0.5) is 0 Å². The van der Waals surface area contributed by atoms with E-state index < -0.39 is 22.1 Å². The lowest BCUT2D eigenvalue weighted by atomic mass is 10.0. The van der Waals surface area contributed by atoms with E-state index in [1.807, 2.05) is 0 Å². The van der Waals surface area contributed by atoms with Gasteiger partial charge in [-0.3, -0.25) is 4.79 Å². The van der Waals surface area contributed by atoms with Crippen LogP contribution in [0.5, 0.6) is 0 Å². The van der Waals surface area contributed by atoms with Gasteiger partial charge in [0.15, 0.2) is 6.10 Å². The quantitative estimate of drug-likeness (QED) is 0.663. The third-order valence-electron chi connectivity index (χ3n) is 6.02. The van der Waals surface area contributed by atoms with E-state index in [2.05, 4.69) is 6.92 Å². The van der Waals surface area contributed by atoms with Crippen molar-refractivity contribution in [3.8, 4) is 0 Å². The van der Waals surface area contributed by atoms with Crippen LogP contribution in [0.25, 0.3) is 0 Å². The molecule has 3 rings (SSSR count). The van der Waals surface area contributed by atoms with E-state index in [9.17, 15) is 18.0 Å². The zero-order valence-corrected chi connectivity index (χ0v) is 18.7. The summed E-state index contributed by atoms with van der Waals surface area (Å²) in [5.74, 6) is -0.266. The molecule has 2 saturated heterocycles. The molecule has 0 radical (unpaired) electrons. The van der Waals surface area contributed by atoms with Gasteiger partial charge in [-0.05, 0) is 62.8 Å². The molecule has 0 N–H and O–H groups in total. The zero-order valence-electron chi connectivity index (χ0n) is 17.9. The number of rotatable bonds is 5. The van der Waals surface area contributed by atoms with Crippen LogP contribution in [-0.2, 0) is 19.6 Å². The summed E-state index contributed by atoms with van der Waals surface area (Å²) < 4.78 is 32.5. The molecule has 1 aromatic carbocycles. The highest BCUT2D eigenvalue weighted by atomic mass is 32.2. The molecule has 0 bridgehead atoms. The minimum Gasteiger partial charge on any atom is -0.449 e. The Morgan fingerprint density at radius 2 is 1.53 bits per heavy atom. The van der Waals surface area contributed by atoms with Crippen molar-refractivity contribution in [2.45, 2.75) is 63.4 Å². The van der Waals surface area contributed by atoms with Crippen molar-refractivity contribution >= 4 is 21.9 Å². The highest BCUT2D eigenvalue weighted by Gasteiger charge is 2.29. The van der Waals surface area contributed by atoms with Crippen molar-refractivity contribution < 1.29 is 22.7 Å². The topological polar surface area (TPSA) is 84.0 Å². The number of benzene rings is 1. The summed E-state index contributed by atoms with van der Waals surface area (Å²) in [5, 5.41) is 0. The third kappa shape index (κ3) is 5.40. The van der Waals surface area contributed by atoms with Gasteiger partial charge in [0.2, 0.25) is 10.0 Å². The fraction of sp³-hybridized carbons (Fsp3) is 0.636. The molecule has 166 valence electrons. The normalized spacial score (nSPS) is 20.4. The Balaban J connectivity index is 1.61. The Kier molecular flexibility index (Phi) is 7.52.